The van der Waals surface area contributed by atoms with E-state index in [1.807, 2.05) is 0 Å². The van der Waals surface area contributed by atoms with Crippen LogP contribution in [0.1, 0.15) is 52.9 Å². The average Bonchev–Trinajstić information content (AvgIpc) is 2.29. The molecule has 1 aliphatic heterocycles. The van der Waals surface area contributed by atoms with Crippen molar-refractivity contribution in [1.82, 2.24) is 10.2 Å². The second kappa shape index (κ2) is 5.71. The number of piperidine rings is 1. The molecule has 1 heterocycles. The van der Waals surface area contributed by atoms with E-state index in [-0.39, 0.29) is 0 Å². The largest absolute Gasteiger partial charge is 0.311 e. The highest BCUT2D eigenvalue weighted by molar-refractivity contribution is 4.90. The highest BCUT2D eigenvalue weighted by Gasteiger charge is 2.32. The van der Waals surface area contributed by atoms with Gasteiger partial charge < -0.3 is 10.2 Å². The third kappa shape index (κ3) is 3.23. The first-order valence-corrected chi connectivity index (χ1v) is 7.54. The number of hydrogen-bond acceptors (Lipinski definition) is 2. The minimum absolute atomic E-state index is 0.739. The van der Waals surface area contributed by atoms with Gasteiger partial charge in [0.05, 0.1) is 0 Å². The van der Waals surface area contributed by atoms with Crippen LogP contribution in [0.15, 0.2) is 0 Å². The lowest BCUT2D eigenvalue weighted by Crippen LogP contribution is -2.54. The summed E-state index contributed by atoms with van der Waals surface area (Å²) in [5, 5.41) is 3.98. The molecule has 17 heavy (non-hydrogen) atoms. The highest BCUT2D eigenvalue weighted by atomic mass is 15.2. The summed E-state index contributed by atoms with van der Waals surface area (Å²) in [6.45, 7) is 8.46. The molecule has 100 valence electrons. The van der Waals surface area contributed by atoms with Gasteiger partial charge in [-0.3, -0.25) is 0 Å². The predicted octanol–water partition coefficient (Wildman–Crippen LogP) is 2.88. The Balaban J connectivity index is 1.89. The van der Waals surface area contributed by atoms with Crippen LogP contribution < -0.4 is 5.32 Å². The number of nitrogens with one attached hydrogen (secondary N) is 1. The van der Waals surface area contributed by atoms with Crippen LogP contribution in [0.5, 0.6) is 0 Å². The summed E-state index contributed by atoms with van der Waals surface area (Å²) in [6.07, 6.45) is 7.01. The van der Waals surface area contributed by atoms with Crippen LogP contribution in [0.3, 0.4) is 0 Å². The van der Waals surface area contributed by atoms with E-state index in [0.717, 1.165) is 30.0 Å². The monoisotopic (exact) mass is 238 g/mol. The topological polar surface area (TPSA) is 15.3 Å². The van der Waals surface area contributed by atoms with E-state index in [0.29, 0.717) is 0 Å². The van der Waals surface area contributed by atoms with Crippen molar-refractivity contribution in [2.45, 2.75) is 71.0 Å². The Labute approximate surface area is 107 Å². The van der Waals surface area contributed by atoms with Crippen molar-refractivity contribution in [3.8, 4) is 0 Å². The highest BCUT2D eigenvalue weighted by Crippen LogP contribution is 2.27. The second-order valence-electron chi connectivity index (χ2n) is 6.64. The Morgan fingerprint density at radius 1 is 0.941 bits per heavy atom. The Hall–Kier alpha value is -0.0800. The molecular weight excluding hydrogens is 208 g/mol. The van der Waals surface area contributed by atoms with E-state index in [1.165, 1.54) is 38.6 Å². The SMILES string of the molecule is CC1CCCCC1NC1CC(C)N(C)CC1C. The van der Waals surface area contributed by atoms with E-state index >= 15 is 0 Å². The zero-order valence-corrected chi connectivity index (χ0v) is 12.1. The molecule has 2 aliphatic rings. The molecule has 2 fully saturated rings. The lowest BCUT2D eigenvalue weighted by molar-refractivity contribution is 0.104. The van der Waals surface area contributed by atoms with Gasteiger partial charge in [0.2, 0.25) is 0 Å². The van der Waals surface area contributed by atoms with E-state index < -0.39 is 0 Å². The van der Waals surface area contributed by atoms with Crippen molar-refractivity contribution in [3.63, 3.8) is 0 Å². The summed E-state index contributed by atoms with van der Waals surface area (Å²) in [4.78, 5) is 2.51. The fraction of sp³-hybridized carbons (Fsp3) is 1.00. The molecule has 5 atom stereocenters. The fourth-order valence-electron chi connectivity index (χ4n) is 3.61. The minimum atomic E-state index is 0.739. The van der Waals surface area contributed by atoms with Crippen LogP contribution in [0, 0.1) is 11.8 Å². The smallest absolute Gasteiger partial charge is 0.0122 e. The summed E-state index contributed by atoms with van der Waals surface area (Å²) in [7, 11) is 2.26. The number of nitrogens with zero attached hydrogens (tertiary/aromatic N) is 1. The first-order chi connectivity index (χ1) is 8.08. The maximum absolute atomic E-state index is 3.98. The summed E-state index contributed by atoms with van der Waals surface area (Å²) in [5.41, 5.74) is 0. The average molecular weight is 238 g/mol. The second-order valence-corrected chi connectivity index (χ2v) is 6.64. The van der Waals surface area contributed by atoms with Crippen LogP contribution in [-0.4, -0.2) is 36.6 Å². The van der Waals surface area contributed by atoms with E-state index in [4.69, 9.17) is 0 Å². The van der Waals surface area contributed by atoms with Crippen LogP contribution in [0.25, 0.3) is 0 Å². The third-order valence-corrected chi connectivity index (χ3v) is 5.15. The summed E-state index contributed by atoms with van der Waals surface area (Å²) in [5.74, 6) is 1.68. The van der Waals surface area contributed by atoms with Gasteiger partial charge in [0, 0.05) is 24.7 Å². The molecule has 0 aromatic heterocycles. The molecule has 5 unspecified atom stereocenters. The molecule has 0 bridgehead atoms. The Kier molecular flexibility index (Phi) is 4.48. The zero-order chi connectivity index (χ0) is 12.4. The number of hydrogen-bond donors (Lipinski definition) is 1. The fourth-order valence-corrected chi connectivity index (χ4v) is 3.61. The van der Waals surface area contributed by atoms with Crippen molar-refractivity contribution in [2.24, 2.45) is 11.8 Å². The molecule has 0 aromatic rings. The first kappa shape index (κ1) is 13.4. The maximum Gasteiger partial charge on any atom is 0.0122 e. The molecule has 2 heteroatoms. The number of rotatable bonds is 2. The van der Waals surface area contributed by atoms with Gasteiger partial charge in [-0.2, -0.15) is 0 Å². The van der Waals surface area contributed by atoms with Crippen molar-refractivity contribution < 1.29 is 0 Å². The van der Waals surface area contributed by atoms with Crippen LogP contribution in [0.4, 0.5) is 0 Å². The summed E-state index contributed by atoms with van der Waals surface area (Å²) in [6, 6.07) is 2.26. The number of likely N-dealkylation sites (tertiary alicyclic amines) is 1. The van der Waals surface area contributed by atoms with Gasteiger partial charge in [-0.05, 0) is 45.1 Å². The van der Waals surface area contributed by atoms with Crippen molar-refractivity contribution in [2.75, 3.05) is 13.6 Å². The van der Waals surface area contributed by atoms with Gasteiger partial charge in [0.1, 0.15) is 0 Å². The normalized spacial score (nSPS) is 44.8. The molecule has 1 saturated heterocycles. The van der Waals surface area contributed by atoms with Crippen molar-refractivity contribution in [1.29, 1.82) is 0 Å². The van der Waals surface area contributed by atoms with Gasteiger partial charge in [-0.15, -0.1) is 0 Å². The van der Waals surface area contributed by atoms with E-state index in [2.05, 4.69) is 38.0 Å². The van der Waals surface area contributed by atoms with Crippen molar-refractivity contribution in [3.05, 3.63) is 0 Å². The molecule has 0 aromatic carbocycles. The predicted molar refractivity (Wildman–Crippen MR) is 74.2 cm³/mol. The molecule has 2 nitrogen and oxygen atoms in total. The molecule has 1 saturated carbocycles. The molecule has 1 aliphatic carbocycles. The van der Waals surface area contributed by atoms with Gasteiger partial charge in [-0.1, -0.05) is 26.7 Å². The quantitative estimate of drug-likeness (QED) is 0.796. The standard InChI is InChI=1S/C15H30N2/c1-11-7-5-6-8-14(11)16-15-9-13(3)17(4)10-12(15)2/h11-16H,5-10H2,1-4H3. The lowest BCUT2D eigenvalue weighted by atomic mass is 9.83. The molecular formula is C15H30N2. The van der Waals surface area contributed by atoms with Crippen LogP contribution >= 0.6 is 0 Å². The minimum Gasteiger partial charge on any atom is -0.311 e. The van der Waals surface area contributed by atoms with Gasteiger partial charge >= 0.3 is 0 Å². The van der Waals surface area contributed by atoms with Gasteiger partial charge in [0.25, 0.3) is 0 Å². The van der Waals surface area contributed by atoms with Gasteiger partial charge in [0.15, 0.2) is 0 Å². The van der Waals surface area contributed by atoms with E-state index in [1.54, 1.807) is 0 Å². The zero-order valence-electron chi connectivity index (χ0n) is 12.1. The molecule has 0 amide bonds. The lowest BCUT2D eigenvalue weighted by Gasteiger charge is -2.43. The summed E-state index contributed by atoms with van der Waals surface area (Å²) >= 11 is 0. The molecule has 0 radical (unpaired) electrons. The third-order valence-electron chi connectivity index (χ3n) is 5.15. The molecule has 2 rings (SSSR count). The van der Waals surface area contributed by atoms with Crippen molar-refractivity contribution >= 4 is 0 Å². The summed E-state index contributed by atoms with van der Waals surface area (Å²) < 4.78 is 0. The first-order valence-electron chi connectivity index (χ1n) is 7.54. The van der Waals surface area contributed by atoms with E-state index in [9.17, 15) is 0 Å². The molecule has 0 spiro atoms. The Morgan fingerprint density at radius 3 is 2.35 bits per heavy atom. The Bertz CT molecular complexity index is 241. The molecule has 1 N–H and O–H groups in total. The maximum atomic E-state index is 3.98. The van der Waals surface area contributed by atoms with Crippen LogP contribution in [0.2, 0.25) is 0 Å². The van der Waals surface area contributed by atoms with Gasteiger partial charge in [-0.25, -0.2) is 0 Å². The van der Waals surface area contributed by atoms with Crippen LogP contribution in [-0.2, 0) is 0 Å². The Morgan fingerprint density at radius 2 is 1.65 bits per heavy atom.